The Morgan fingerprint density at radius 3 is 1.85 bits per heavy atom. The maximum Gasteiger partial charge on any atom is 0.250 e. The van der Waals surface area contributed by atoms with Crippen molar-refractivity contribution in [3.63, 3.8) is 0 Å². The predicted octanol–water partition coefficient (Wildman–Crippen LogP) is 12.3. The van der Waals surface area contributed by atoms with Crippen molar-refractivity contribution in [1.29, 1.82) is 0 Å². The SMILES string of the molecule is C=C/C(=C/C[C@@H](O[Si](C)(C)C(C)(C)C)[C@@H]1[C@]2(C)CC[C@H](OCOC)[C@]2(C)[C@H](O[Si](C)(C)C(C)(C)C)C[C@@]1(C)C=C)O[Si](CC)(CC)CC. The van der Waals surface area contributed by atoms with Crippen LogP contribution < -0.4 is 0 Å². The van der Waals surface area contributed by atoms with Gasteiger partial charge in [0, 0.05) is 12.5 Å². The van der Waals surface area contributed by atoms with E-state index in [1.54, 1.807) is 7.11 Å². The summed E-state index contributed by atoms with van der Waals surface area (Å²) in [4.78, 5) is 0. The fourth-order valence-electron chi connectivity index (χ4n) is 8.47. The van der Waals surface area contributed by atoms with Gasteiger partial charge in [-0.3, -0.25) is 0 Å². The second-order valence-corrected chi connectivity index (χ2v) is 33.1. The summed E-state index contributed by atoms with van der Waals surface area (Å²) in [6, 6.07) is 3.30. The molecule has 0 amide bonds. The second-order valence-electron chi connectivity index (χ2n) is 18.9. The number of allylic oxidation sites excluding steroid dienone is 2. The molecule has 0 aromatic carbocycles. The average Bonchev–Trinajstić information content (AvgIpc) is 3.25. The summed E-state index contributed by atoms with van der Waals surface area (Å²) >= 11 is 0. The maximum atomic E-state index is 7.64. The van der Waals surface area contributed by atoms with Crippen LogP contribution in [0.1, 0.15) is 109 Å². The van der Waals surface area contributed by atoms with E-state index < -0.39 is 25.0 Å². The fraction of sp³-hybridized carbons (Fsp3) is 0.850. The lowest BCUT2D eigenvalue weighted by molar-refractivity contribution is -0.218. The van der Waals surface area contributed by atoms with Gasteiger partial charge in [0.05, 0.1) is 24.1 Å². The fourth-order valence-corrected chi connectivity index (χ4v) is 13.8. The molecule has 0 aromatic rings. The van der Waals surface area contributed by atoms with Crippen LogP contribution in [0.5, 0.6) is 0 Å². The standard InChI is InChI=1S/C40H78O5Si3/c1-20-31(43-48(22-3,23-4)24-5)25-26-32(44-46(16,17)36(6,7)8)35-38(12,21-2)29-34(45-47(18,19)37(9,10)11)40(14)33(42-30-41-15)27-28-39(35,40)13/h20-21,25,32-35H,1-2,22-24,26-30H2,3-19H3/b31-25-/t32-,33+,34-,35+,38-,39+,40-/m1/s1. The molecule has 0 saturated heterocycles. The van der Waals surface area contributed by atoms with Crippen molar-refractivity contribution >= 4 is 25.0 Å². The van der Waals surface area contributed by atoms with Crippen LogP contribution in [0.2, 0.25) is 54.4 Å². The van der Waals surface area contributed by atoms with E-state index in [1.807, 2.05) is 6.08 Å². The largest absolute Gasteiger partial charge is 0.544 e. The Kier molecular flexibility index (Phi) is 14.2. The summed E-state index contributed by atoms with van der Waals surface area (Å²) in [6.07, 6.45) is 10.2. The van der Waals surface area contributed by atoms with Crippen LogP contribution in [0.4, 0.5) is 0 Å². The van der Waals surface area contributed by atoms with Crippen LogP contribution in [0.3, 0.4) is 0 Å². The number of rotatable bonds is 17. The molecule has 2 saturated carbocycles. The highest BCUT2D eigenvalue weighted by Gasteiger charge is 2.70. The summed E-state index contributed by atoms with van der Waals surface area (Å²) < 4.78 is 34.2. The lowest BCUT2D eigenvalue weighted by atomic mass is 9.44. The molecule has 5 nitrogen and oxygen atoms in total. The molecule has 0 N–H and O–H groups in total. The van der Waals surface area contributed by atoms with Crippen molar-refractivity contribution in [2.75, 3.05) is 13.9 Å². The van der Waals surface area contributed by atoms with Crippen molar-refractivity contribution in [2.24, 2.45) is 22.2 Å². The zero-order valence-corrected chi connectivity index (χ0v) is 37.7. The first-order valence-corrected chi connectivity index (χ1v) is 27.3. The molecular formula is C40H78O5Si3. The minimum absolute atomic E-state index is 0.0217. The van der Waals surface area contributed by atoms with Crippen LogP contribution in [0, 0.1) is 22.2 Å². The van der Waals surface area contributed by atoms with Crippen LogP contribution in [0.15, 0.2) is 37.1 Å². The minimum atomic E-state index is -2.19. The van der Waals surface area contributed by atoms with Gasteiger partial charge in [-0.1, -0.05) is 95.7 Å². The third kappa shape index (κ3) is 8.42. The Morgan fingerprint density at radius 2 is 1.42 bits per heavy atom. The Labute approximate surface area is 301 Å². The van der Waals surface area contributed by atoms with Gasteiger partial charge in [-0.15, -0.1) is 6.58 Å². The highest BCUT2D eigenvalue weighted by Crippen LogP contribution is 2.70. The maximum absolute atomic E-state index is 7.64. The highest BCUT2D eigenvalue weighted by atomic mass is 28.4. The molecule has 0 heterocycles. The van der Waals surface area contributed by atoms with E-state index in [1.165, 1.54) is 0 Å². The Morgan fingerprint density at radius 1 is 0.875 bits per heavy atom. The van der Waals surface area contributed by atoms with Gasteiger partial charge in [0.15, 0.2) is 16.6 Å². The van der Waals surface area contributed by atoms with Gasteiger partial charge in [0.25, 0.3) is 0 Å². The molecule has 2 aliphatic rings. The van der Waals surface area contributed by atoms with Crippen LogP contribution in [-0.2, 0) is 22.8 Å². The number of fused-ring (bicyclic) bond motifs is 1. The van der Waals surface area contributed by atoms with Crippen molar-refractivity contribution in [2.45, 2.75) is 181 Å². The Balaban J connectivity index is 2.86. The Hall–Kier alpha value is -0.489. The normalized spacial score (nSPS) is 31.4. The topological polar surface area (TPSA) is 46.2 Å². The van der Waals surface area contributed by atoms with E-state index in [9.17, 15) is 0 Å². The first-order chi connectivity index (χ1) is 21.8. The van der Waals surface area contributed by atoms with E-state index in [-0.39, 0.29) is 57.3 Å². The lowest BCUT2D eigenvalue weighted by Gasteiger charge is -2.65. The van der Waals surface area contributed by atoms with Crippen molar-refractivity contribution in [1.82, 2.24) is 0 Å². The zero-order chi connectivity index (χ0) is 37.2. The molecule has 0 aromatic heterocycles. The molecule has 0 unspecified atom stereocenters. The highest BCUT2D eigenvalue weighted by molar-refractivity contribution is 6.74. The summed E-state index contributed by atoms with van der Waals surface area (Å²) in [5, 5.41) is 0.162. The molecule has 2 aliphatic carbocycles. The number of methoxy groups -OCH3 is 1. The number of ether oxygens (including phenoxy) is 2. The smallest absolute Gasteiger partial charge is 0.250 e. The third-order valence-electron chi connectivity index (χ3n) is 14.3. The summed E-state index contributed by atoms with van der Waals surface area (Å²) in [5.41, 5.74) is -0.619. The molecule has 7 atom stereocenters. The van der Waals surface area contributed by atoms with Gasteiger partial charge in [0.1, 0.15) is 6.79 Å². The summed E-state index contributed by atoms with van der Waals surface area (Å²) in [7, 11) is -4.47. The molecule has 0 radical (unpaired) electrons. The number of hydrogen-bond donors (Lipinski definition) is 0. The molecule has 0 bridgehead atoms. The molecule has 280 valence electrons. The molecule has 2 fully saturated rings. The molecule has 48 heavy (non-hydrogen) atoms. The van der Waals surface area contributed by atoms with Crippen molar-refractivity contribution in [3.05, 3.63) is 37.1 Å². The Bertz CT molecular complexity index is 1110. The monoisotopic (exact) mass is 723 g/mol. The van der Waals surface area contributed by atoms with Crippen LogP contribution >= 0.6 is 0 Å². The van der Waals surface area contributed by atoms with Crippen LogP contribution in [-0.4, -0.2) is 57.2 Å². The number of hydrogen-bond acceptors (Lipinski definition) is 5. The third-order valence-corrected chi connectivity index (χ3v) is 27.8. The first kappa shape index (κ1) is 43.7. The van der Waals surface area contributed by atoms with E-state index in [2.05, 4.69) is 135 Å². The van der Waals surface area contributed by atoms with Gasteiger partial charge in [0.2, 0.25) is 8.32 Å². The molecular weight excluding hydrogens is 645 g/mol. The van der Waals surface area contributed by atoms with Crippen molar-refractivity contribution in [3.8, 4) is 0 Å². The molecule has 2 rings (SSSR count). The summed E-state index contributed by atoms with van der Waals surface area (Å²) in [5.74, 6) is 1.11. The van der Waals surface area contributed by atoms with Gasteiger partial charge in [-0.2, -0.15) is 0 Å². The van der Waals surface area contributed by atoms with E-state index >= 15 is 0 Å². The predicted molar refractivity (Wildman–Crippen MR) is 214 cm³/mol. The van der Waals surface area contributed by atoms with Gasteiger partial charge >= 0.3 is 0 Å². The minimum Gasteiger partial charge on any atom is -0.544 e. The zero-order valence-electron chi connectivity index (χ0n) is 34.7. The average molecular weight is 723 g/mol. The lowest BCUT2D eigenvalue weighted by Crippen LogP contribution is -2.66. The molecule has 8 heteroatoms. The van der Waals surface area contributed by atoms with Gasteiger partial charge in [-0.25, -0.2) is 0 Å². The van der Waals surface area contributed by atoms with Gasteiger partial charge < -0.3 is 22.8 Å². The second kappa shape index (κ2) is 15.6. The van der Waals surface area contributed by atoms with Gasteiger partial charge in [-0.05, 0) is 109 Å². The molecule has 0 spiro atoms. The summed E-state index contributed by atoms with van der Waals surface area (Å²) in [6.45, 7) is 47.0. The van der Waals surface area contributed by atoms with E-state index in [0.717, 1.165) is 49.6 Å². The quantitative estimate of drug-likeness (QED) is 0.0492. The van der Waals surface area contributed by atoms with Crippen LogP contribution in [0.25, 0.3) is 0 Å². The first-order valence-electron chi connectivity index (χ1n) is 19.0. The molecule has 0 aliphatic heterocycles. The van der Waals surface area contributed by atoms with Crippen molar-refractivity contribution < 1.29 is 22.8 Å². The van der Waals surface area contributed by atoms with E-state index in [4.69, 9.17) is 22.8 Å². The van der Waals surface area contributed by atoms with E-state index in [0.29, 0.717) is 0 Å².